The van der Waals surface area contributed by atoms with Crippen LogP contribution in [-0.2, 0) is 0 Å². The molecule has 2 atom stereocenters. The fourth-order valence-electron chi connectivity index (χ4n) is 3.36. The van der Waals surface area contributed by atoms with Gasteiger partial charge in [-0.3, -0.25) is 0 Å². The SMILES string of the molecule is CCCCCCC(CO)C(O)CCC1CCCCC1. The van der Waals surface area contributed by atoms with Crippen LogP contribution < -0.4 is 0 Å². The molecule has 19 heavy (non-hydrogen) atoms. The molecule has 0 spiro atoms. The van der Waals surface area contributed by atoms with Crippen molar-refractivity contribution in [3.63, 3.8) is 0 Å². The van der Waals surface area contributed by atoms with E-state index in [4.69, 9.17) is 0 Å². The number of aliphatic hydroxyl groups excluding tert-OH is 2. The van der Waals surface area contributed by atoms with Crippen LogP contribution in [0.15, 0.2) is 0 Å². The van der Waals surface area contributed by atoms with E-state index in [0.717, 1.165) is 31.6 Å². The molecule has 1 aliphatic carbocycles. The largest absolute Gasteiger partial charge is 0.396 e. The highest BCUT2D eigenvalue weighted by Gasteiger charge is 2.20. The predicted octanol–water partition coefficient (Wildman–Crippen LogP) is 4.29. The van der Waals surface area contributed by atoms with Gasteiger partial charge in [-0.1, -0.05) is 64.7 Å². The average Bonchev–Trinajstić information content (AvgIpc) is 2.46. The minimum absolute atomic E-state index is 0.112. The van der Waals surface area contributed by atoms with Crippen LogP contribution in [0.3, 0.4) is 0 Å². The fourth-order valence-corrected chi connectivity index (χ4v) is 3.36. The summed E-state index contributed by atoms with van der Waals surface area (Å²) in [7, 11) is 0. The third-order valence-electron chi connectivity index (χ3n) is 4.80. The summed E-state index contributed by atoms with van der Waals surface area (Å²) in [5.41, 5.74) is 0. The second-order valence-corrected chi connectivity index (χ2v) is 6.44. The van der Waals surface area contributed by atoms with E-state index < -0.39 is 0 Å². The molecule has 2 unspecified atom stereocenters. The third kappa shape index (κ3) is 7.31. The van der Waals surface area contributed by atoms with Crippen LogP contribution >= 0.6 is 0 Å². The van der Waals surface area contributed by atoms with Gasteiger partial charge in [0.2, 0.25) is 0 Å². The van der Waals surface area contributed by atoms with E-state index in [1.807, 2.05) is 0 Å². The molecule has 1 fully saturated rings. The Morgan fingerprint density at radius 1 is 1.00 bits per heavy atom. The summed E-state index contributed by atoms with van der Waals surface area (Å²) in [6.45, 7) is 2.36. The molecule has 0 aromatic heterocycles. The van der Waals surface area contributed by atoms with Crippen LogP contribution in [0.5, 0.6) is 0 Å². The third-order valence-corrected chi connectivity index (χ3v) is 4.80. The van der Waals surface area contributed by atoms with E-state index in [2.05, 4.69) is 6.92 Å². The van der Waals surface area contributed by atoms with E-state index in [1.165, 1.54) is 51.4 Å². The Morgan fingerprint density at radius 3 is 2.37 bits per heavy atom. The van der Waals surface area contributed by atoms with Crippen LogP contribution in [-0.4, -0.2) is 22.9 Å². The number of hydrogen-bond acceptors (Lipinski definition) is 2. The maximum absolute atomic E-state index is 10.2. The minimum atomic E-state index is -0.284. The molecule has 2 N–H and O–H groups in total. The Kier molecular flexibility index (Phi) is 9.54. The van der Waals surface area contributed by atoms with Crippen LogP contribution in [0, 0.1) is 11.8 Å². The van der Waals surface area contributed by atoms with Crippen molar-refractivity contribution < 1.29 is 10.2 Å². The first kappa shape index (κ1) is 17.0. The highest BCUT2D eigenvalue weighted by atomic mass is 16.3. The molecular formula is C17H34O2. The zero-order valence-corrected chi connectivity index (χ0v) is 12.8. The quantitative estimate of drug-likeness (QED) is 0.581. The van der Waals surface area contributed by atoms with Crippen molar-refractivity contribution in [2.24, 2.45) is 11.8 Å². The van der Waals surface area contributed by atoms with Gasteiger partial charge in [-0.05, 0) is 25.2 Å². The van der Waals surface area contributed by atoms with Crippen LogP contribution in [0.2, 0.25) is 0 Å². The Bertz CT molecular complexity index is 199. The average molecular weight is 270 g/mol. The van der Waals surface area contributed by atoms with Crippen molar-refractivity contribution >= 4 is 0 Å². The van der Waals surface area contributed by atoms with Gasteiger partial charge in [0, 0.05) is 12.5 Å². The Morgan fingerprint density at radius 2 is 1.74 bits per heavy atom. The molecule has 1 rings (SSSR count). The predicted molar refractivity (Wildman–Crippen MR) is 81.2 cm³/mol. The van der Waals surface area contributed by atoms with Gasteiger partial charge in [0.15, 0.2) is 0 Å². The number of unbranched alkanes of at least 4 members (excludes halogenated alkanes) is 3. The summed E-state index contributed by atoms with van der Waals surface area (Å²) >= 11 is 0. The lowest BCUT2D eigenvalue weighted by atomic mass is 9.83. The normalized spacial score (nSPS) is 20.4. The first-order valence-electron chi connectivity index (χ1n) is 8.56. The second kappa shape index (κ2) is 10.7. The first-order valence-corrected chi connectivity index (χ1v) is 8.56. The molecule has 0 heterocycles. The van der Waals surface area contributed by atoms with Crippen LogP contribution in [0.1, 0.15) is 84.0 Å². The van der Waals surface area contributed by atoms with Gasteiger partial charge in [-0.2, -0.15) is 0 Å². The zero-order chi connectivity index (χ0) is 13.9. The number of hydrogen-bond donors (Lipinski definition) is 2. The van der Waals surface area contributed by atoms with Crippen molar-refractivity contribution in [2.45, 2.75) is 90.1 Å². The van der Waals surface area contributed by atoms with E-state index in [0.29, 0.717) is 0 Å². The van der Waals surface area contributed by atoms with Gasteiger partial charge in [0.1, 0.15) is 0 Å². The summed E-state index contributed by atoms with van der Waals surface area (Å²) in [6, 6.07) is 0. The van der Waals surface area contributed by atoms with E-state index in [9.17, 15) is 10.2 Å². The minimum Gasteiger partial charge on any atom is -0.396 e. The van der Waals surface area contributed by atoms with Gasteiger partial charge in [0.25, 0.3) is 0 Å². The summed E-state index contributed by atoms with van der Waals surface area (Å²) < 4.78 is 0. The monoisotopic (exact) mass is 270 g/mol. The molecule has 1 aliphatic rings. The highest BCUT2D eigenvalue weighted by molar-refractivity contribution is 4.72. The van der Waals surface area contributed by atoms with Crippen molar-refractivity contribution in [3.8, 4) is 0 Å². The van der Waals surface area contributed by atoms with E-state index >= 15 is 0 Å². The summed E-state index contributed by atoms with van der Waals surface area (Å²) in [6.07, 6.45) is 14.5. The molecule has 0 radical (unpaired) electrons. The summed E-state index contributed by atoms with van der Waals surface area (Å²) in [5, 5.41) is 19.7. The van der Waals surface area contributed by atoms with Gasteiger partial charge < -0.3 is 10.2 Å². The topological polar surface area (TPSA) is 40.5 Å². The maximum atomic E-state index is 10.2. The van der Waals surface area contributed by atoms with Crippen LogP contribution in [0.25, 0.3) is 0 Å². The molecule has 0 aromatic rings. The second-order valence-electron chi connectivity index (χ2n) is 6.44. The summed E-state index contributed by atoms with van der Waals surface area (Å²) in [5.74, 6) is 0.947. The van der Waals surface area contributed by atoms with Gasteiger partial charge in [-0.15, -0.1) is 0 Å². The molecule has 0 aliphatic heterocycles. The highest BCUT2D eigenvalue weighted by Crippen LogP contribution is 2.29. The van der Waals surface area contributed by atoms with E-state index in [-0.39, 0.29) is 18.6 Å². The van der Waals surface area contributed by atoms with Gasteiger partial charge >= 0.3 is 0 Å². The van der Waals surface area contributed by atoms with Crippen molar-refractivity contribution in [1.82, 2.24) is 0 Å². The lowest BCUT2D eigenvalue weighted by molar-refractivity contribution is 0.0486. The molecule has 1 saturated carbocycles. The van der Waals surface area contributed by atoms with E-state index in [1.54, 1.807) is 0 Å². The Balaban J connectivity index is 2.14. The molecular weight excluding hydrogens is 236 g/mol. The summed E-state index contributed by atoms with van der Waals surface area (Å²) in [4.78, 5) is 0. The first-order chi connectivity index (χ1) is 9.27. The molecule has 0 saturated heterocycles. The smallest absolute Gasteiger partial charge is 0.0590 e. The molecule has 2 nitrogen and oxygen atoms in total. The molecule has 0 bridgehead atoms. The molecule has 2 heteroatoms. The Hall–Kier alpha value is -0.0800. The molecule has 0 aromatic carbocycles. The zero-order valence-electron chi connectivity index (χ0n) is 12.8. The molecule has 114 valence electrons. The van der Waals surface area contributed by atoms with Crippen LogP contribution in [0.4, 0.5) is 0 Å². The van der Waals surface area contributed by atoms with Crippen molar-refractivity contribution in [1.29, 1.82) is 0 Å². The van der Waals surface area contributed by atoms with Gasteiger partial charge in [-0.25, -0.2) is 0 Å². The lowest BCUT2D eigenvalue weighted by Gasteiger charge is -2.25. The Labute approximate surface area is 119 Å². The molecule has 0 amide bonds. The number of rotatable bonds is 10. The van der Waals surface area contributed by atoms with Crippen molar-refractivity contribution in [3.05, 3.63) is 0 Å². The van der Waals surface area contributed by atoms with Crippen molar-refractivity contribution in [2.75, 3.05) is 6.61 Å². The number of aliphatic hydroxyl groups is 2. The maximum Gasteiger partial charge on any atom is 0.0590 e. The van der Waals surface area contributed by atoms with Gasteiger partial charge in [0.05, 0.1) is 6.10 Å². The fraction of sp³-hybridized carbons (Fsp3) is 1.00. The lowest BCUT2D eigenvalue weighted by Crippen LogP contribution is -2.25. The standard InChI is InChI=1S/C17H34O2/c1-2-3-4-8-11-16(14-18)17(19)13-12-15-9-6-5-7-10-15/h15-19H,2-14H2,1H3.